The van der Waals surface area contributed by atoms with E-state index < -0.39 is 69.9 Å². The molecule has 0 radical (unpaired) electrons. The molecule has 60 heavy (non-hydrogen) atoms. The monoisotopic (exact) mass is 868 g/mol. The Morgan fingerprint density at radius 3 is 1.77 bits per heavy atom. The highest BCUT2D eigenvalue weighted by Gasteiger charge is 2.28. The third kappa shape index (κ3) is 39.0. The highest BCUT2D eigenvalue weighted by molar-refractivity contribution is 7.47. The minimum Gasteiger partial charge on any atom is -0.480 e. The summed E-state index contributed by atoms with van der Waals surface area (Å²) in [5, 5.41) is 28.9. The van der Waals surface area contributed by atoms with Crippen molar-refractivity contribution in [1.29, 1.82) is 0 Å². The average molecular weight is 868 g/mol. The number of rotatable bonds is 40. The maximum Gasteiger partial charge on any atom is 0.472 e. The normalized spacial score (nSPS) is 15.4. The van der Waals surface area contributed by atoms with Crippen molar-refractivity contribution in [1.82, 2.24) is 0 Å². The maximum absolute atomic E-state index is 12.6. The summed E-state index contributed by atoms with van der Waals surface area (Å²) in [7, 11) is -4.77. The van der Waals surface area contributed by atoms with Gasteiger partial charge >= 0.3 is 25.7 Å². The number of carboxylic acids is 1. The van der Waals surface area contributed by atoms with Gasteiger partial charge in [-0.2, -0.15) is 0 Å². The van der Waals surface area contributed by atoms with Gasteiger partial charge in [0.15, 0.2) is 6.10 Å². The number of unbranched alkanes of at least 4 members (excludes halogenated alkanes) is 15. The number of esters is 2. The topological polar surface area (TPSA) is 212 Å². The van der Waals surface area contributed by atoms with Gasteiger partial charge < -0.3 is 35.4 Å². The Morgan fingerprint density at radius 1 is 0.633 bits per heavy atom. The molecule has 0 bridgehead atoms. The molecule has 0 aliphatic carbocycles. The van der Waals surface area contributed by atoms with Gasteiger partial charge in [-0.25, -0.2) is 4.57 Å². The van der Waals surface area contributed by atoms with Gasteiger partial charge in [0.25, 0.3) is 0 Å². The van der Waals surface area contributed by atoms with E-state index >= 15 is 0 Å². The predicted octanol–water partition coefficient (Wildman–Crippen LogP) is 9.67. The lowest BCUT2D eigenvalue weighted by molar-refractivity contribution is -0.161. The summed E-state index contributed by atoms with van der Waals surface area (Å²) in [6.45, 7) is 2.41. The van der Waals surface area contributed by atoms with Crippen molar-refractivity contribution in [3.05, 3.63) is 72.9 Å². The Morgan fingerprint density at radius 2 is 1.18 bits per heavy atom. The first kappa shape index (κ1) is 56.8. The number of aliphatic hydroxyl groups is 2. The molecule has 14 heteroatoms. The number of allylic oxidation sites excluding steroid dienone is 8. The standard InChI is InChI=1S/C46H78NO12P/c1-3-5-7-8-9-10-11-12-13-14-15-16-20-23-29-35-44(50)56-37-42(38-57-60(54,55)58-39-43(47)46(52)53)59-45(51)36-30-24-28-34-41(49)33-27-22-19-17-18-21-26-32-40(48)31-25-6-4-2/h6,18-19,21-22,25-28,32-34,40-43,48-49H,3-5,7-17,20,23-24,29-31,35-39,47H2,1-2H3,(H,52,53)(H,54,55)/b21-18-,22-19-,25-6-,32-26+,33-27+,34-28-/t40-,41-,42+,43-/m0/s1. The van der Waals surface area contributed by atoms with Crippen LogP contribution in [0.5, 0.6) is 0 Å². The third-order valence-corrected chi connectivity index (χ3v) is 10.1. The largest absolute Gasteiger partial charge is 0.480 e. The molecule has 0 aliphatic heterocycles. The molecule has 0 rings (SSSR count). The zero-order valence-corrected chi connectivity index (χ0v) is 37.4. The second-order valence-electron chi connectivity index (χ2n) is 14.9. The number of aliphatic hydroxyl groups excluding tert-OH is 2. The van der Waals surface area contributed by atoms with E-state index in [1.807, 2.05) is 49.5 Å². The van der Waals surface area contributed by atoms with Gasteiger partial charge in [0.05, 0.1) is 25.4 Å². The van der Waals surface area contributed by atoms with E-state index in [1.54, 1.807) is 30.4 Å². The van der Waals surface area contributed by atoms with Crippen molar-refractivity contribution in [3.63, 3.8) is 0 Å². The summed E-state index contributed by atoms with van der Waals surface area (Å²) >= 11 is 0. The zero-order valence-electron chi connectivity index (χ0n) is 36.5. The number of carbonyl (C=O) groups is 3. The first-order chi connectivity index (χ1) is 28.9. The van der Waals surface area contributed by atoms with Crippen LogP contribution in [0.15, 0.2) is 72.9 Å². The number of phosphoric ester groups is 1. The lowest BCUT2D eigenvalue weighted by Crippen LogP contribution is -2.34. The van der Waals surface area contributed by atoms with Gasteiger partial charge in [-0.1, -0.05) is 177 Å². The molecule has 0 spiro atoms. The van der Waals surface area contributed by atoms with Crippen molar-refractivity contribution < 1.29 is 57.7 Å². The number of hydrogen-bond donors (Lipinski definition) is 5. The van der Waals surface area contributed by atoms with E-state index in [0.717, 1.165) is 25.7 Å². The van der Waals surface area contributed by atoms with Crippen LogP contribution < -0.4 is 5.73 Å². The number of carbonyl (C=O) groups excluding carboxylic acids is 2. The van der Waals surface area contributed by atoms with E-state index in [2.05, 4.69) is 11.4 Å². The van der Waals surface area contributed by atoms with Crippen molar-refractivity contribution in [2.24, 2.45) is 5.73 Å². The number of phosphoric acid groups is 1. The predicted molar refractivity (Wildman–Crippen MR) is 238 cm³/mol. The third-order valence-electron chi connectivity index (χ3n) is 9.14. The van der Waals surface area contributed by atoms with Crippen molar-refractivity contribution in [3.8, 4) is 0 Å². The first-order valence-electron chi connectivity index (χ1n) is 22.2. The van der Waals surface area contributed by atoms with Crippen LogP contribution in [0.4, 0.5) is 0 Å². The van der Waals surface area contributed by atoms with Gasteiger partial charge in [0.2, 0.25) is 0 Å². The molecule has 13 nitrogen and oxygen atoms in total. The SMILES string of the molecule is CC/C=C\C[C@H](O)/C=C/C=C\C/C=C\C=C\[C@H](O)/C=C\CCCC(=O)O[C@H](COC(=O)CCCCCCCCCCCCCCCCC)COP(=O)(O)OC[C@H](N)C(=O)O. The summed E-state index contributed by atoms with van der Waals surface area (Å²) in [4.78, 5) is 46.0. The molecule has 0 aliphatic rings. The highest BCUT2D eigenvalue weighted by Crippen LogP contribution is 2.43. The fourth-order valence-corrected chi connectivity index (χ4v) is 6.41. The summed E-state index contributed by atoms with van der Waals surface area (Å²) in [6.07, 6.45) is 40.4. The summed E-state index contributed by atoms with van der Waals surface area (Å²) in [5.41, 5.74) is 5.32. The number of carboxylic acid groups (broad SMARTS) is 1. The van der Waals surface area contributed by atoms with E-state index in [0.29, 0.717) is 32.1 Å². The van der Waals surface area contributed by atoms with Crippen LogP contribution >= 0.6 is 7.82 Å². The number of nitrogens with two attached hydrogens (primary N) is 1. The summed E-state index contributed by atoms with van der Waals surface area (Å²) in [5.74, 6) is -2.59. The molecular formula is C46H78NO12P. The maximum atomic E-state index is 12.6. The second-order valence-corrected chi connectivity index (χ2v) is 16.3. The Hall–Kier alpha value is -3.16. The minimum atomic E-state index is -4.77. The molecular weight excluding hydrogens is 789 g/mol. The van der Waals surface area contributed by atoms with E-state index in [1.165, 1.54) is 70.6 Å². The van der Waals surface area contributed by atoms with Gasteiger partial charge in [0.1, 0.15) is 12.6 Å². The van der Waals surface area contributed by atoms with Gasteiger partial charge in [-0.3, -0.25) is 23.4 Å². The molecule has 6 N–H and O–H groups in total. The molecule has 0 aromatic carbocycles. The first-order valence-corrected chi connectivity index (χ1v) is 23.7. The molecule has 0 aromatic heterocycles. The molecule has 0 saturated carbocycles. The van der Waals surface area contributed by atoms with Crippen LogP contribution in [0.2, 0.25) is 0 Å². The molecule has 0 fully saturated rings. The minimum absolute atomic E-state index is 0.0269. The van der Waals surface area contributed by atoms with E-state index in [9.17, 15) is 34.1 Å². The fourth-order valence-electron chi connectivity index (χ4n) is 5.63. The molecule has 0 aromatic rings. The quantitative estimate of drug-likeness (QED) is 0.0128. The van der Waals surface area contributed by atoms with Crippen molar-refractivity contribution >= 4 is 25.7 Å². The van der Waals surface area contributed by atoms with Crippen LogP contribution in [0, 0.1) is 0 Å². The smallest absolute Gasteiger partial charge is 0.472 e. The molecule has 0 amide bonds. The van der Waals surface area contributed by atoms with Gasteiger partial charge in [-0.05, 0) is 38.5 Å². The van der Waals surface area contributed by atoms with Crippen LogP contribution in [-0.2, 0) is 37.5 Å². The van der Waals surface area contributed by atoms with Gasteiger partial charge in [-0.15, -0.1) is 0 Å². The van der Waals surface area contributed by atoms with Crippen molar-refractivity contribution in [2.45, 2.75) is 179 Å². The summed E-state index contributed by atoms with van der Waals surface area (Å²) < 4.78 is 32.5. The number of ether oxygens (including phenoxy) is 2. The van der Waals surface area contributed by atoms with Crippen LogP contribution in [0.3, 0.4) is 0 Å². The molecule has 344 valence electrons. The van der Waals surface area contributed by atoms with Crippen LogP contribution in [-0.4, -0.2) is 82.3 Å². The average Bonchev–Trinajstić information content (AvgIpc) is 3.21. The van der Waals surface area contributed by atoms with Crippen LogP contribution in [0.25, 0.3) is 0 Å². The van der Waals surface area contributed by atoms with E-state index in [4.69, 9.17) is 24.8 Å². The van der Waals surface area contributed by atoms with Crippen molar-refractivity contribution in [2.75, 3.05) is 19.8 Å². The molecule has 0 saturated heterocycles. The Kier molecular flexibility index (Phi) is 37.8. The molecule has 0 heterocycles. The number of aliphatic carboxylic acids is 1. The number of hydrogen-bond acceptors (Lipinski definition) is 11. The lowest BCUT2D eigenvalue weighted by atomic mass is 10.0. The van der Waals surface area contributed by atoms with E-state index in [-0.39, 0.29) is 12.8 Å². The second kappa shape index (κ2) is 39.9. The Balaban J connectivity index is 4.61. The Bertz CT molecular complexity index is 1330. The Labute approximate surface area is 360 Å². The zero-order chi connectivity index (χ0) is 44.5. The summed E-state index contributed by atoms with van der Waals surface area (Å²) in [6, 6.07) is -1.56. The van der Waals surface area contributed by atoms with Gasteiger partial charge in [0, 0.05) is 12.8 Å². The highest BCUT2D eigenvalue weighted by atomic mass is 31.2. The fraction of sp³-hybridized carbons (Fsp3) is 0.674. The molecule has 1 unspecified atom stereocenters. The lowest BCUT2D eigenvalue weighted by Gasteiger charge is -2.20. The molecule has 5 atom stereocenters. The van der Waals surface area contributed by atoms with Crippen LogP contribution in [0.1, 0.15) is 155 Å².